The van der Waals surface area contributed by atoms with Crippen LogP contribution in [0.2, 0.25) is 4.34 Å². The van der Waals surface area contributed by atoms with E-state index >= 15 is 0 Å². The van der Waals surface area contributed by atoms with Crippen LogP contribution in [0.4, 0.5) is 0 Å². The van der Waals surface area contributed by atoms with Crippen molar-refractivity contribution in [3.05, 3.63) is 21.3 Å². The van der Waals surface area contributed by atoms with Crippen LogP contribution in [0.15, 0.2) is 12.1 Å². The molecule has 6 heteroatoms. The quantitative estimate of drug-likeness (QED) is 0.902. The molecule has 1 saturated heterocycles. The van der Waals surface area contributed by atoms with E-state index in [-0.39, 0.29) is 11.9 Å². The summed E-state index contributed by atoms with van der Waals surface area (Å²) in [5.74, 6) is 0.665. The predicted molar refractivity (Wildman–Crippen MR) is 88.6 cm³/mol. The van der Waals surface area contributed by atoms with Gasteiger partial charge in [-0.2, -0.15) is 0 Å². The van der Waals surface area contributed by atoms with Crippen LogP contribution in [0, 0.1) is 5.92 Å². The minimum absolute atomic E-state index is 0.157. The molecule has 1 aromatic rings. The van der Waals surface area contributed by atoms with Crippen molar-refractivity contribution in [2.75, 3.05) is 26.7 Å². The van der Waals surface area contributed by atoms with Gasteiger partial charge < -0.3 is 10.6 Å². The number of hydrogen-bond acceptors (Lipinski definition) is 4. The monoisotopic (exact) mass is 329 g/mol. The summed E-state index contributed by atoms with van der Waals surface area (Å²) in [6.45, 7) is 5.13. The first-order chi connectivity index (χ1) is 9.99. The van der Waals surface area contributed by atoms with Crippen molar-refractivity contribution >= 4 is 28.8 Å². The van der Waals surface area contributed by atoms with E-state index in [1.165, 1.54) is 11.3 Å². The number of thiophene rings is 1. The van der Waals surface area contributed by atoms with Crippen molar-refractivity contribution in [2.24, 2.45) is 11.7 Å². The van der Waals surface area contributed by atoms with E-state index in [9.17, 15) is 4.79 Å². The highest BCUT2D eigenvalue weighted by Gasteiger charge is 2.27. The van der Waals surface area contributed by atoms with Gasteiger partial charge in [-0.15, -0.1) is 11.3 Å². The van der Waals surface area contributed by atoms with Crippen LogP contribution in [0.1, 0.15) is 24.6 Å². The topological polar surface area (TPSA) is 49.6 Å². The van der Waals surface area contributed by atoms with Gasteiger partial charge in [0, 0.05) is 31.1 Å². The summed E-state index contributed by atoms with van der Waals surface area (Å²) in [5.41, 5.74) is 6.11. The number of nitrogens with zero attached hydrogens (tertiary/aromatic N) is 2. The van der Waals surface area contributed by atoms with Gasteiger partial charge in [0.2, 0.25) is 5.91 Å². The molecule has 0 aliphatic carbocycles. The number of carbonyl (C=O) groups excluding carboxylic acids is 1. The average molecular weight is 330 g/mol. The van der Waals surface area contributed by atoms with E-state index in [0.717, 1.165) is 35.1 Å². The molecule has 2 rings (SSSR count). The predicted octanol–water partition coefficient (Wildman–Crippen LogP) is 2.42. The molecular weight excluding hydrogens is 306 g/mol. The maximum atomic E-state index is 12.3. The molecule has 0 radical (unpaired) electrons. The van der Waals surface area contributed by atoms with Gasteiger partial charge in [0.1, 0.15) is 0 Å². The average Bonchev–Trinajstić information content (AvgIpc) is 2.86. The SMILES string of the molecule is CCC1CN(CC(=O)N(C)Cc2ccc(Cl)s2)CCC1N. The molecule has 0 spiro atoms. The Morgan fingerprint density at radius 2 is 2.33 bits per heavy atom. The van der Waals surface area contributed by atoms with Crippen LogP contribution in [0.3, 0.4) is 0 Å². The lowest BCUT2D eigenvalue weighted by atomic mass is 9.91. The fraction of sp³-hybridized carbons (Fsp3) is 0.667. The zero-order valence-corrected chi connectivity index (χ0v) is 14.3. The Labute approximate surface area is 135 Å². The van der Waals surface area contributed by atoms with Crippen LogP contribution >= 0.6 is 22.9 Å². The van der Waals surface area contributed by atoms with Gasteiger partial charge in [-0.3, -0.25) is 9.69 Å². The minimum Gasteiger partial charge on any atom is -0.340 e. The number of likely N-dealkylation sites (tertiary alicyclic amines) is 1. The maximum Gasteiger partial charge on any atom is 0.236 e. The van der Waals surface area contributed by atoms with E-state index in [1.54, 1.807) is 4.90 Å². The molecule has 2 atom stereocenters. The third-order valence-electron chi connectivity index (χ3n) is 4.21. The summed E-state index contributed by atoms with van der Waals surface area (Å²) in [7, 11) is 1.85. The fourth-order valence-corrected chi connectivity index (χ4v) is 3.91. The summed E-state index contributed by atoms with van der Waals surface area (Å²) >= 11 is 7.44. The van der Waals surface area contributed by atoms with Crippen LogP contribution in [0.5, 0.6) is 0 Å². The van der Waals surface area contributed by atoms with Crippen LogP contribution in [-0.2, 0) is 11.3 Å². The molecule has 2 unspecified atom stereocenters. The molecule has 1 amide bonds. The summed E-state index contributed by atoms with van der Waals surface area (Å²) in [4.78, 5) is 17.4. The van der Waals surface area contributed by atoms with Gasteiger partial charge in [-0.1, -0.05) is 24.9 Å². The molecular formula is C15H24ClN3OS. The molecule has 0 saturated carbocycles. The van der Waals surface area contributed by atoms with Crippen molar-refractivity contribution in [2.45, 2.75) is 32.4 Å². The van der Waals surface area contributed by atoms with E-state index in [1.807, 2.05) is 19.2 Å². The molecule has 0 aromatic carbocycles. The first-order valence-corrected chi connectivity index (χ1v) is 8.65. The normalized spacial score (nSPS) is 23.2. The van der Waals surface area contributed by atoms with Crippen molar-refractivity contribution in [1.29, 1.82) is 0 Å². The number of carbonyl (C=O) groups is 1. The third-order valence-corrected chi connectivity index (χ3v) is 5.42. The lowest BCUT2D eigenvalue weighted by molar-refractivity contribution is -0.132. The van der Waals surface area contributed by atoms with E-state index in [0.29, 0.717) is 19.0 Å². The number of piperidine rings is 1. The standard InChI is InChI=1S/C15H24ClN3OS/c1-3-11-8-19(7-6-13(11)17)10-15(20)18(2)9-12-4-5-14(16)21-12/h4-5,11,13H,3,6-10,17H2,1-2H3. The van der Waals surface area contributed by atoms with Crippen molar-refractivity contribution in [1.82, 2.24) is 9.80 Å². The molecule has 1 aromatic heterocycles. The molecule has 4 nitrogen and oxygen atoms in total. The Morgan fingerprint density at radius 1 is 1.57 bits per heavy atom. The number of amides is 1. The first-order valence-electron chi connectivity index (χ1n) is 7.45. The van der Waals surface area contributed by atoms with Gasteiger partial charge in [0.25, 0.3) is 0 Å². The van der Waals surface area contributed by atoms with Crippen molar-refractivity contribution < 1.29 is 4.79 Å². The Kier molecular flexibility index (Phi) is 6.05. The summed E-state index contributed by atoms with van der Waals surface area (Å²) in [5, 5.41) is 0. The van der Waals surface area contributed by atoms with E-state index < -0.39 is 0 Å². The molecule has 0 bridgehead atoms. The van der Waals surface area contributed by atoms with Gasteiger partial charge >= 0.3 is 0 Å². The zero-order chi connectivity index (χ0) is 15.4. The molecule has 1 fully saturated rings. The number of hydrogen-bond donors (Lipinski definition) is 1. The zero-order valence-electron chi connectivity index (χ0n) is 12.7. The van der Waals surface area contributed by atoms with E-state index in [2.05, 4.69) is 11.8 Å². The molecule has 21 heavy (non-hydrogen) atoms. The summed E-state index contributed by atoms with van der Waals surface area (Å²) < 4.78 is 0.765. The number of likely N-dealkylation sites (N-methyl/N-ethyl adjacent to an activating group) is 1. The van der Waals surface area contributed by atoms with E-state index in [4.69, 9.17) is 17.3 Å². The van der Waals surface area contributed by atoms with Crippen molar-refractivity contribution in [3.8, 4) is 0 Å². The maximum absolute atomic E-state index is 12.3. The molecule has 2 heterocycles. The molecule has 1 aliphatic heterocycles. The summed E-state index contributed by atoms with van der Waals surface area (Å²) in [6, 6.07) is 4.13. The highest BCUT2D eigenvalue weighted by Crippen LogP contribution is 2.23. The van der Waals surface area contributed by atoms with Crippen molar-refractivity contribution in [3.63, 3.8) is 0 Å². The van der Waals surface area contributed by atoms with Gasteiger partial charge in [-0.05, 0) is 24.5 Å². The highest BCUT2D eigenvalue weighted by atomic mass is 35.5. The van der Waals surface area contributed by atoms with Crippen LogP contribution in [-0.4, -0.2) is 48.4 Å². The van der Waals surface area contributed by atoms with Crippen LogP contribution in [0.25, 0.3) is 0 Å². The second kappa shape index (κ2) is 7.58. The fourth-order valence-electron chi connectivity index (χ4n) is 2.77. The largest absolute Gasteiger partial charge is 0.340 e. The van der Waals surface area contributed by atoms with Gasteiger partial charge in [0.15, 0.2) is 0 Å². The molecule has 2 N–H and O–H groups in total. The Bertz CT molecular complexity index is 479. The Morgan fingerprint density at radius 3 is 2.95 bits per heavy atom. The third kappa shape index (κ3) is 4.68. The lowest BCUT2D eigenvalue weighted by Gasteiger charge is -2.36. The Balaban J connectivity index is 1.83. The molecule has 1 aliphatic rings. The smallest absolute Gasteiger partial charge is 0.236 e. The second-order valence-electron chi connectivity index (χ2n) is 5.81. The number of rotatable bonds is 5. The van der Waals surface area contributed by atoms with Gasteiger partial charge in [0.05, 0.1) is 17.4 Å². The van der Waals surface area contributed by atoms with Crippen LogP contribution < -0.4 is 5.73 Å². The first kappa shape index (κ1) is 16.7. The van der Waals surface area contributed by atoms with Gasteiger partial charge in [-0.25, -0.2) is 0 Å². The molecule has 118 valence electrons. The second-order valence-corrected chi connectivity index (χ2v) is 7.61. The highest BCUT2D eigenvalue weighted by molar-refractivity contribution is 7.16. The lowest BCUT2D eigenvalue weighted by Crippen LogP contribution is -2.49. The number of halogens is 1. The Hall–Kier alpha value is -0.620. The number of nitrogens with two attached hydrogens (primary N) is 1. The minimum atomic E-state index is 0.157. The summed E-state index contributed by atoms with van der Waals surface area (Å²) in [6.07, 6.45) is 2.06.